The van der Waals surface area contributed by atoms with E-state index < -0.39 is 0 Å². The van der Waals surface area contributed by atoms with Gasteiger partial charge in [-0.2, -0.15) is 5.10 Å². The first-order valence-electron chi connectivity index (χ1n) is 10.6. The molecule has 0 aliphatic heterocycles. The average Bonchev–Trinajstić information content (AvgIpc) is 3.49. The average molecular weight is 500 g/mol. The van der Waals surface area contributed by atoms with Gasteiger partial charge in [-0.05, 0) is 47.2 Å². The van der Waals surface area contributed by atoms with Gasteiger partial charge in [-0.3, -0.25) is 9.89 Å². The summed E-state index contributed by atoms with van der Waals surface area (Å²) in [6.45, 7) is 0. The molecule has 0 saturated heterocycles. The predicted molar refractivity (Wildman–Crippen MR) is 137 cm³/mol. The number of benzene rings is 3. The van der Waals surface area contributed by atoms with Crippen LogP contribution in [0.5, 0.6) is 0 Å². The molecule has 0 aliphatic rings. The molecule has 0 aliphatic carbocycles. The van der Waals surface area contributed by atoms with Gasteiger partial charge in [-0.15, -0.1) is 0 Å². The van der Waals surface area contributed by atoms with E-state index in [0.29, 0.717) is 34.0 Å². The van der Waals surface area contributed by atoms with Gasteiger partial charge in [-0.25, -0.2) is 9.97 Å². The highest BCUT2D eigenvalue weighted by atomic mass is 35.5. The standard InChI is InChI=1S/C26H15Cl2N5O2/c27-22-11-17(12-23(28)32-22)25(34)30-18-7-3-6-16(8-18)24-19(13-29-33-24)26-31-20-9-14-4-1-2-5-15(14)10-21(20)35-26/h1-13H,(H,29,33)(H,30,34). The van der Waals surface area contributed by atoms with Crippen molar-refractivity contribution in [3.05, 3.63) is 94.9 Å². The summed E-state index contributed by atoms with van der Waals surface area (Å²) in [7, 11) is 0. The zero-order valence-electron chi connectivity index (χ0n) is 17.9. The lowest BCUT2D eigenvalue weighted by atomic mass is 10.1. The lowest BCUT2D eigenvalue weighted by Gasteiger charge is -2.08. The molecule has 3 aromatic heterocycles. The van der Waals surface area contributed by atoms with Crippen LogP contribution >= 0.6 is 23.2 Å². The lowest BCUT2D eigenvalue weighted by Crippen LogP contribution is -2.12. The number of aromatic amines is 1. The third-order valence-corrected chi connectivity index (χ3v) is 5.93. The minimum atomic E-state index is -0.360. The molecule has 3 heterocycles. The first kappa shape index (κ1) is 21.3. The maximum Gasteiger partial charge on any atom is 0.255 e. The Morgan fingerprint density at radius 1 is 0.886 bits per heavy atom. The number of nitrogens with zero attached hydrogens (tertiary/aromatic N) is 3. The van der Waals surface area contributed by atoms with Crippen molar-refractivity contribution in [2.75, 3.05) is 5.32 Å². The normalized spacial score (nSPS) is 11.3. The number of pyridine rings is 1. The zero-order chi connectivity index (χ0) is 23.9. The Morgan fingerprint density at radius 2 is 1.66 bits per heavy atom. The molecule has 7 nitrogen and oxygen atoms in total. The monoisotopic (exact) mass is 499 g/mol. The van der Waals surface area contributed by atoms with Gasteiger partial charge in [0.1, 0.15) is 21.5 Å². The fourth-order valence-electron chi connectivity index (χ4n) is 3.94. The Morgan fingerprint density at radius 3 is 2.46 bits per heavy atom. The van der Waals surface area contributed by atoms with Crippen LogP contribution in [-0.4, -0.2) is 26.1 Å². The van der Waals surface area contributed by atoms with Gasteiger partial charge >= 0.3 is 0 Å². The van der Waals surface area contributed by atoms with Crippen LogP contribution in [0.4, 0.5) is 5.69 Å². The molecule has 0 unspecified atom stereocenters. The number of carbonyl (C=O) groups excluding carboxylic acids is 1. The van der Waals surface area contributed by atoms with Gasteiger partial charge in [-0.1, -0.05) is 59.6 Å². The summed E-state index contributed by atoms with van der Waals surface area (Å²) < 4.78 is 6.09. The number of H-pyrrole nitrogens is 1. The minimum absolute atomic E-state index is 0.142. The minimum Gasteiger partial charge on any atom is -0.436 e. The number of oxazole rings is 1. The van der Waals surface area contributed by atoms with Crippen LogP contribution in [0, 0.1) is 0 Å². The summed E-state index contributed by atoms with van der Waals surface area (Å²) in [5.41, 5.74) is 4.48. The SMILES string of the molecule is O=C(Nc1cccc(-c2n[nH]cc2-c2nc3cc4ccccc4cc3o2)c1)c1cc(Cl)nc(Cl)c1. The molecule has 0 atom stereocenters. The Bertz CT molecular complexity index is 1670. The third kappa shape index (κ3) is 4.12. The van der Waals surface area contributed by atoms with Crippen molar-refractivity contribution in [1.82, 2.24) is 20.2 Å². The summed E-state index contributed by atoms with van der Waals surface area (Å²) in [6, 6.07) is 22.3. The highest BCUT2D eigenvalue weighted by molar-refractivity contribution is 6.33. The van der Waals surface area contributed by atoms with Crippen LogP contribution in [0.25, 0.3) is 44.6 Å². The summed E-state index contributed by atoms with van der Waals surface area (Å²) in [4.78, 5) is 21.3. The number of fused-ring (bicyclic) bond motifs is 2. The number of aromatic nitrogens is 4. The quantitative estimate of drug-likeness (QED) is 0.254. The maximum atomic E-state index is 12.7. The number of hydrogen-bond acceptors (Lipinski definition) is 5. The predicted octanol–water partition coefficient (Wildman–Crippen LogP) is 6.99. The van der Waals surface area contributed by atoms with E-state index in [1.165, 1.54) is 12.1 Å². The van der Waals surface area contributed by atoms with Crippen LogP contribution in [0.2, 0.25) is 10.3 Å². The molecule has 6 rings (SSSR count). The van der Waals surface area contributed by atoms with Crippen molar-refractivity contribution >= 4 is 56.7 Å². The van der Waals surface area contributed by atoms with Gasteiger partial charge < -0.3 is 9.73 Å². The van der Waals surface area contributed by atoms with E-state index in [9.17, 15) is 4.79 Å². The molecule has 0 radical (unpaired) electrons. The van der Waals surface area contributed by atoms with E-state index in [0.717, 1.165) is 21.9 Å². The second-order valence-corrected chi connectivity index (χ2v) is 8.64. The molecule has 35 heavy (non-hydrogen) atoms. The van der Waals surface area contributed by atoms with Gasteiger partial charge in [0.05, 0.1) is 5.56 Å². The van der Waals surface area contributed by atoms with Gasteiger partial charge in [0.25, 0.3) is 5.91 Å². The topological polar surface area (TPSA) is 96.7 Å². The Hall–Kier alpha value is -4.20. The lowest BCUT2D eigenvalue weighted by molar-refractivity contribution is 0.102. The highest BCUT2D eigenvalue weighted by Crippen LogP contribution is 2.34. The third-order valence-electron chi connectivity index (χ3n) is 5.55. The van der Waals surface area contributed by atoms with Crippen LogP contribution in [0.1, 0.15) is 10.4 Å². The molecule has 0 spiro atoms. The number of hydrogen-bond donors (Lipinski definition) is 2. The van der Waals surface area contributed by atoms with Gasteiger partial charge in [0, 0.05) is 23.0 Å². The van der Waals surface area contributed by atoms with E-state index in [1.54, 1.807) is 12.3 Å². The van der Waals surface area contributed by atoms with Crippen molar-refractivity contribution < 1.29 is 9.21 Å². The molecule has 170 valence electrons. The van der Waals surface area contributed by atoms with Crippen molar-refractivity contribution in [2.24, 2.45) is 0 Å². The molecule has 6 aromatic rings. The summed E-state index contributed by atoms with van der Waals surface area (Å²) in [6.07, 6.45) is 1.74. The molecule has 0 fully saturated rings. The Balaban J connectivity index is 1.33. The van der Waals surface area contributed by atoms with Crippen molar-refractivity contribution in [1.29, 1.82) is 0 Å². The van der Waals surface area contributed by atoms with Crippen LogP contribution in [0.3, 0.4) is 0 Å². The van der Waals surface area contributed by atoms with Crippen LogP contribution in [-0.2, 0) is 0 Å². The van der Waals surface area contributed by atoms with Crippen molar-refractivity contribution in [3.63, 3.8) is 0 Å². The van der Waals surface area contributed by atoms with E-state index in [1.807, 2.05) is 54.6 Å². The molecule has 0 bridgehead atoms. The molecular weight excluding hydrogens is 485 g/mol. The molecule has 0 saturated carbocycles. The summed E-state index contributed by atoms with van der Waals surface area (Å²) >= 11 is 11.8. The number of rotatable bonds is 4. The fraction of sp³-hybridized carbons (Fsp3) is 0. The van der Waals surface area contributed by atoms with E-state index in [4.69, 9.17) is 32.6 Å². The highest BCUT2D eigenvalue weighted by Gasteiger charge is 2.18. The van der Waals surface area contributed by atoms with Gasteiger partial charge in [0.15, 0.2) is 5.58 Å². The van der Waals surface area contributed by atoms with Crippen molar-refractivity contribution in [3.8, 4) is 22.7 Å². The first-order chi connectivity index (χ1) is 17.0. The number of amides is 1. The zero-order valence-corrected chi connectivity index (χ0v) is 19.4. The fourth-order valence-corrected chi connectivity index (χ4v) is 4.41. The number of anilines is 1. The molecule has 3 aromatic carbocycles. The molecule has 1 amide bonds. The summed E-state index contributed by atoms with van der Waals surface area (Å²) in [5, 5.41) is 12.6. The maximum absolute atomic E-state index is 12.7. The first-order valence-corrected chi connectivity index (χ1v) is 11.4. The second-order valence-electron chi connectivity index (χ2n) is 7.87. The number of nitrogens with one attached hydrogen (secondary N) is 2. The summed E-state index contributed by atoms with van der Waals surface area (Å²) in [5.74, 6) is 0.0937. The molecule has 2 N–H and O–H groups in total. The Kier molecular flexibility index (Phi) is 5.21. The second kappa shape index (κ2) is 8.54. The number of halogens is 2. The van der Waals surface area contributed by atoms with Gasteiger partial charge in [0.2, 0.25) is 5.89 Å². The van der Waals surface area contributed by atoms with E-state index >= 15 is 0 Å². The Labute approximate surface area is 208 Å². The van der Waals surface area contributed by atoms with Crippen LogP contribution < -0.4 is 5.32 Å². The molecule has 9 heteroatoms. The largest absolute Gasteiger partial charge is 0.436 e. The number of carbonyl (C=O) groups is 1. The van der Waals surface area contributed by atoms with Crippen LogP contribution in [0.15, 0.2) is 83.4 Å². The van der Waals surface area contributed by atoms with E-state index in [-0.39, 0.29) is 16.2 Å². The smallest absolute Gasteiger partial charge is 0.255 e. The van der Waals surface area contributed by atoms with E-state index in [2.05, 4.69) is 20.5 Å². The molecular formula is C26H15Cl2N5O2. The van der Waals surface area contributed by atoms with Crippen molar-refractivity contribution in [2.45, 2.75) is 0 Å².